The maximum atomic E-state index is 3.87. The Labute approximate surface area is 82.7 Å². The Kier molecular flexibility index (Phi) is 4.88. The second-order valence-electron chi connectivity index (χ2n) is 4.16. The second kappa shape index (κ2) is 6.01. The summed E-state index contributed by atoms with van der Waals surface area (Å²) in [5.41, 5.74) is 0. The average Bonchev–Trinajstić information content (AvgIpc) is 2.19. The molecule has 1 fully saturated rings. The largest absolute Gasteiger partial charge is 0.103 e. The molecule has 0 atom stereocenters. The number of hydrogen-bond acceptors (Lipinski definition) is 0. The Morgan fingerprint density at radius 2 is 1.92 bits per heavy atom. The topological polar surface area (TPSA) is 0 Å². The van der Waals surface area contributed by atoms with Crippen molar-refractivity contribution in [3.63, 3.8) is 0 Å². The van der Waals surface area contributed by atoms with Crippen LogP contribution < -0.4 is 0 Å². The molecule has 0 heterocycles. The van der Waals surface area contributed by atoms with Gasteiger partial charge in [0.25, 0.3) is 0 Å². The van der Waals surface area contributed by atoms with E-state index in [4.69, 9.17) is 0 Å². The summed E-state index contributed by atoms with van der Waals surface area (Å²) >= 11 is 0. The maximum absolute atomic E-state index is 3.87. The predicted molar refractivity (Wildman–Crippen MR) is 59.7 cm³/mol. The fourth-order valence-electron chi connectivity index (χ4n) is 2.21. The standard InChI is InChI=1S/C13H22/c1-3-5-6-7-13-10-8-12(4-2)9-11-13/h3-5,12-13H,2,6-11H2,1H3. The Morgan fingerprint density at radius 1 is 1.23 bits per heavy atom. The van der Waals surface area contributed by atoms with Crippen molar-refractivity contribution in [3.05, 3.63) is 24.8 Å². The van der Waals surface area contributed by atoms with Crippen molar-refractivity contribution in [2.75, 3.05) is 0 Å². The zero-order valence-corrected chi connectivity index (χ0v) is 8.84. The van der Waals surface area contributed by atoms with Crippen LogP contribution in [0.2, 0.25) is 0 Å². The van der Waals surface area contributed by atoms with E-state index in [1.807, 2.05) is 0 Å². The highest BCUT2D eigenvalue weighted by atomic mass is 14.2. The minimum Gasteiger partial charge on any atom is -0.103 e. The fourth-order valence-corrected chi connectivity index (χ4v) is 2.21. The molecule has 0 spiro atoms. The molecule has 0 N–H and O–H groups in total. The molecule has 1 saturated carbocycles. The van der Waals surface area contributed by atoms with Crippen LogP contribution in [0.15, 0.2) is 24.8 Å². The first kappa shape index (κ1) is 10.6. The molecule has 0 aromatic heterocycles. The molecule has 0 unspecified atom stereocenters. The van der Waals surface area contributed by atoms with E-state index in [0.717, 1.165) is 11.8 Å². The van der Waals surface area contributed by atoms with E-state index < -0.39 is 0 Å². The van der Waals surface area contributed by atoms with Gasteiger partial charge in [0.15, 0.2) is 0 Å². The molecule has 0 nitrogen and oxygen atoms in total. The zero-order chi connectivity index (χ0) is 9.52. The monoisotopic (exact) mass is 178 g/mol. The van der Waals surface area contributed by atoms with Crippen LogP contribution >= 0.6 is 0 Å². The van der Waals surface area contributed by atoms with Crippen molar-refractivity contribution in [2.45, 2.75) is 45.4 Å². The number of hydrogen-bond donors (Lipinski definition) is 0. The molecular formula is C13H22. The van der Waals surface area contributed by atoms with Crippen LogP contribution in [0.3, 0.4) is 0 Å². The van der Waals surface area contributed by atoms with E-state index in [1.54, 1.807) is 0 Å². The third-order valence-corrected chi connectivity index (χ3v) is 3.20. The Morgan fingerprint density at radius 3 is 2.46 bits per heavy atom. The lowest BCUT2D eigenvalue weighted by Gasteiger charge is -2.26. The summed E-state index contributed by atoms with van der Waals surface area (Å²) < 4.78 is 0. The number of allylic oxidation sites excluding steroid dienone is 3. The van der Waals surface area contributed by atoms with Gasteiger partial charge in [-0.3, -0.25) is 0 Å². The molecule has 0 saturated heterocycles. The van der Waals surface area contributed by atoms with Gasteiger partial charge in [-0.2, -0.15) is 0 Å². The van der Waals surface area contributed by atoms with Gasteiger partial charge in [0.1, 0.15) is 0 Å². The van der Waals surface area contributed by atoms with Gasteiger partial charge in [-0.05, 0) is 57.3 Å². The average molecular weight is 178 g/mol. The van der Waals surface area contributed by atoms with Gasteiger partial charge in [0, 0.05) is 0 Å². The van der Waals surface area contributed by atoms with Crippen LogP contribution in [-0.2, 0) is 0 Å². The van der Waals surface area contributed by atoms with Crippen molar-refractivity contribution >= 4 is 0 Å². The van der Waals surface area contributed by atoms with E-state index >= 15 is 0 Å². The first-order valence-corrected chi connectivity index (χ1v) is 5.60. The molecule has 1 aliphatic rings. The normalized spacial score (nSPS) is 29.3. The van der Waals surface area contributed by atoms with Gasteiger partial charge in [0.2, 0.25) is 0 Å². The van der Waals surface area contributed by atoms with E-state index in [9.17, 15) is 0 Å². The van der Waals surface area contributed by atoms with Crippen LogP contribution in [0.5, 0.6) is 0 Å². The highest BCUT2D eigenvalue weighted by Gasteiger charge is 2.17. The molecule has 1 aliphatic carbocycles. The Bertz CT molecular complexity index is 159. The molecule has 0 amide bonds. The minimum absolute atomic E-state index is 0.818. The number of rotatable bonds is 4. The van der Waals surface area contributed by atoms with Crippen molar-refractivity contribution in [1.29, 1.82) is 0 Å². The smallest absolute Gasteiger partial charge is 0.0236 e. The van der Waals surface area contributed by atoms with Crippen molar-refractivity contribution in [1.82, 2.24) is 0 Å². The van der Waals surface area contributed by atoms with E-state index in [-0.39, 0.29) is 0 Å². The molecule has 0 radical (unpaired) electrons. The fraction of sp³-hybridized carbons (Fsp3) is 0.692. The third kappa shape index (κ3) is 3.80. The van der Waals surface area contributed by atoms with E-state index in [1.165, 1.54) is 38.5 Å². The lowest BCUT2D eigenvalue weighted by molar-refractivity contribution is 0.297. The molecule has 0 aromatic rings. The third-order valence-electron chi connectivity index (χ3n) is 3.20. The van der Waals surface area contributed by atoms with Crippen LogP contribution in [0.1, 0.15) is 45.4 Å². The van der Waals surface area contributed by atoms with Gasteiger partial charge in [-0.1, -0.05) is 18.2 Å². The Hall–Kier alpha value is -0.520. The van der Waals surface area contributed by atoms with Crippen LogP contribution in [0.25, 0.3) is 0 Å². The molecule has 0 aromatic carbocycles. The lowest BCUT2D eigenvalue weighted by Crippen LogP contribution is -2.12. The summed E-state index contributed by atoms with van der Waals surface area (Å²) in [6.07, 6.45) is 14.9. The molecular weight excluding hydrogens is 156 g/mol. The molecule has 0 bridgehead atoms. The minimum atomic E-state index is 0.818. The summed E-state index contributed by atoms with van der Waals surface area (Å²) in [5.74, 6) is 1.81. The summed E-state index contributed by atoms with van der Waals surface area (Å²) in [7, 11) is 0. The van der Waals surface area contributed by atoms with Crippen molar-refractivity contribution in [3.8, 4) is 0 Å². The summed E-state index contributed by atoms with van der Waals surface area (Å²) in [6, 6.07) is 0. The summed E-state index contributed by atoms with van der Waals surface area (Å²) in [5, 5.41) is 0. The van der Waals surface area contributed by atoms with Crippen molar-refractivity contribution < 1.29 is 0 Å². The van der Waals surface area contributed by atoms with E-state index in [0.29, 0.717) is 0 Å². The van der Waals surface area contributed by atoms with Gasteiger partial charge in [0.05, 0.1) is 0 Å². The lowest BCUT2D eigenvalue weighted by atomic mass is 9.80. The maximum Gasteiger partial charge on any atom is -0.0236 e. The molecule has 74 valence electrons. The Balaban J connectivity index is 2.13. The molecule has 1 rings (SSSR count). The summed E-state index contributed by atoms with van der Waals surface area (Å²) in [4.78, 5) is 0. The molecule has 0 aliphatic heterocycles. The van der Waals surface area contributed by atoms with Crippen LogP contribution in [0, 0.1) is 11.8 Å². The highest BCUT2D eigenvalue weighted by molar-refractivity contribution is 4.85. The van der Waals surface area contributed by atoms with Gasteiger partial charge in [-0.25, -0.2) is 0 Å². The quantitative estimate of drug-likeness (QED) is 0.562. The van der Waals surface area contributed by atoms with Crippen LogP contribution in [0.4, 0.5) is 0 Å². The molecule has 13 heavy (non-hydrogen) atoms. The van der Waals surface area contributed by atoms with Crippen LogP contribution in [-0.4, -0.2) is 0 Å². The predicted octanol–water partition coefficient (Wildman–Crippen LogP) is 4.34. The van der Waals surface area contributed by atoms with Gasteiger partial charge in [-0.15, -0.1) is 6.58 Å². The molecule has 0 heteroatoms. The second-order valence-corrected chi connectivity index (χ2v) is 4.16. The van der Waals surface area contributed by atoms with Gasteiger partial charge < -0.3 is 0 Å². The first-order chi connectivity index (χ1) is 6.36. The summed E-state index contributed by atoms with van der Waals surface area (Å²) in [6.45, 7) is 5.98. The van der Waals surface area contributed by atoms with Gasteiger partial charge >= 0.3 is 0 Å². The van der Waals surface area contributed by atoms with E-state index in [2.05, 4.69) is 31.7 Å². The highest BCUT2D eigenvalue weighted by Crippen LogP contribution is 2.31. The SMILES string of the molecule is C=CC1CCC(CCC=CC)CC1. The zero-order valence-electron chi connectivity index (χ0n) is 8.84. The van der Waals surface area contributed by atoms with Crippen molar-refractivity contribution in [2.24, 2.45) is 11.8 Å². The first-order valence-electron chi connectivity index (χ1n) is 5.60.